The summed E-state index contributed by atoms with van der Waals surface area (Å²) in [5.74, 6) is 0.811. The Bertz CT molecular complexity index is 1290. The Morgan fingerprint density at radius 3 is 2.65 bits per heavy atom. The fourth-order valence-electron chi connectivity index (χ4n) is 3.34. The average Bonchev–Trinajstić information content (AvgIpc) is 2.88. The summed E-state index contributed by atoms with van der Waals surface area (Å²) in [6, 6.07) is 17.4. The second-order valence-corrected chi connectivity index (χ2v) is 8.93. The Hall–Kier alpha value is -3.69. The first-order valence-electron chi connectivity index (χ1n) is 11.4. The molecular formula is C27H27IN4O5. The second-order valence-electron chi connectivity index (χ2n) is 7.77. The van der Waals surface area contributed by atoms with Gasteiger partial charge in [0.05, 0.1) is 23.0 Å². The number of hydrogen-bond acceptors (Lipinski definition) is 8. The van der Waals surface area contributed by atoms with Crippen LogP contribution in [0.3, 0.4) is 0 Å². The van der Waals surface area contributed by atoms with Crippen LogP contribution < -0.4 is 19.6 Å². The number of nitriles is 1. The first kappa shape index (κ1) is 27.9. The van der Waals surface area contributed by atoms with Crippen molar-refractivity contribution < 1.29 is 23.7 Å². The summed E-state index contributed by atoms with van der Waals surface area (Å²) in [5, 5.41) is 13.5. The maximum absolute atomic E-state index is 12.3. The summed E-state index contributed by atoms with van der Waals surface area (Å²) in [5.41, 5.74) is 5.71. The van der Waals surface area contributed by atoms with Crippen molar-refractivity contribution in [3.05, 3.63) is 80.0 Å². The van der Waals surface area contributed by atoms with E-state index in [0.29, 0.717) is 36.0 Å². The van der Waals surface area contributed by atoms with E-state index < -0.39 is 5.91 Å². The predicted molar refractivity (Wildman–Crippen MR) is 147 cm³/mol. The van der Waals surface area contributed by atoms with E-state index in [1.165, 1.54) is 13.3 Å². The molecule has 192 valence electrons. The molecule has 1 N–H and O–H groups in total. The lowest BCUT2D eigenvalue weighted by Gasteiger charge is -2.14. The number of rotatable bonds is 12. The molecule has 37 heavy (non-hydrogen) atoms. The molecule has 0 saturated heterocycles. The molecule has 0 unspecified atom stereocenters. The van der Waals surface area contributed by atoms with Gasteiger partial charge in [0, 0.05) is 18.4 Å². The number of hydrazone groups is 1. The van der Waals surface area contributed by atoms with Gasteiger partial charge in [0.25, 0.3) is 5.91 Å². The van der Waals surface area contributed by atoms with Gasteiger partial charge in [0.2, 0.25) is 5.88 Å². The Labute approximate surface area is 229 Å². The number of amides is 1. The van der Waals surface area contributed by atoms with E-state index >= 15 is 0 Å². The average molecular weight is 614 g/mol. The summed E-state index contributed by atoms with van der Waals surface area (Å²) >= 11 is 2.18. The zero-order valence-corrected chi connectivity index (χ0v) is 22.9. The standard InChI is InChI=1S/C27H27IN4O5/c1-4-35-24-12-20(11-23(28)26(24)36-15-19-8-6-5-7-9-19)14-30-32-25(33)17-37-27-22(13-29)21(16-34-3)10-18(2)31-27/h5-12,14H,4,15-17H2,1-3H3,(H,32,33)/b30-14-. The van der Waals surface area contributed by atoms with Crippen LogP contribution in [0.1, 0.15) is 34.9 Å². The number of pyridine rings is 1. The normalized spacial score (nSPS) is 10.7. The van der Waals surface area contributed by atoms with Gasteiger partial charge < -0.3 is 18.9 Å². The molecule has 0 fully saturated rings. The first-order chi connectivity index (χ1) is 17.9. The van der Waals surface area contributed by atoms with Crippen molar-refractivity contribution >= 4 is 34.7 Å². The Morgan fingerprint density at radius 1 is 1.16 bits per heavy atom. The molecule has 1 amide bonds. The van der Waals surface area contributed by atoms with Crippen molar-refractivity contribution in [3.63, 3.8) is 0 Å². The fraction of sp³-hybridized carbons (Fsp3) is 0.259. The van der Waals surface area contributed by atoms with Crippen molar-refractivity contribution in [2.75, 3.05) is 20.3 Å². The summed E-state index contributed by atoms with van der Waals surface area (Å²) in [7, 11) is 1.53. The minimum atomic E-state index is -0.501. The molecular weight excluding hydrogens is 587 g/mol. The fourth-order valence-corrected chi connectivity index (χ4v) is 4.12. The van der Waals surface area contributed by atoms with Crippen molar-refractivity contribution in [1.29, 1.82) is 5.26 Å². The van der Waals surface area contributed by atoms with Crippen molar-refractivity contribution in [2.24, 2.45) is 5.10 Å². The van der Waals surface area contributed by atoms with Crippen LogP contribution in [0.25, 0.3) is 0 Å². The number of hydrogen-bond donors (Lipinski definition) is 1. The number of aromatic nitrogens is 1. The smallest absolute Gasteiger partial charge is 0.278 e. The molecule has 10 heteroatoms. The predicted octanol–water partition coefficient (Wildman–Crippen LogP) is 4.52. The molecule has 0 spiro atoms. The highest BCUT2D eigenvalue weighted by Gasteiger charge is 2.15. The lowest BCUT2D eigenvalue weighted by molar-refractivity contribution is -0.123. The van der Waals surface area contributed by atoms with Crippen molar-refractivity contribution in [3.8, 4) is 23.4 Å². The van der Waals surface area contributed by atoms with Crippen LogP contribution in [-0.4, -0.2) is 37.4 Å². The number of ether oxygens (including phenoxy) is 4. The molecule has 3 aromatic rings. The number of benzene rings is 2. The third-order valence-electron chi connectivity index (χ3n) is 4.91. The highest BCUT2D eigenvalue weighted by molar-refractivity contribution is 14.1. The van der Waals surface area contributed by atoms with E-state index in [4.69, 9.17) is 18.9 Å². The maximum atomic E-state index is 12.3. The number of halogens is 1. The van der Waals surface area contributed by atoms with Gasteiger partial charge >= 0.3 is 0 Å². The number of methoxy groups -OCH3 is 1. The van der Waals surface area contributed by atoms with Crippen molar-refractivity contribution in [1.82, 2.24) is 10.4 Å². The van der Waals surface area contributed by atoms with E-state index in [1.54, 1.807) is 19.1 Å². The Morgan fingerprint density at radius 2 is 1.95 bits per heavy atom. The summed E-state index contributed by atoms with van der Waals surface area (Å²) in [6.45, 7) is 4.43. The van der Waals surface area contributed by atoms with Crippen LogP contribution in [0.2, 0.25) is 0 Å². The molecule has 0 aliphatic heterocycles. The SMILES string of the molecule is CCOc1cc(/C=N\NC(=O)COc2nc(C)cc(COC)c2C#N)cc(I)c1OCc1ccccc1. The molecule has 0 atom stereocenters. The molecule has 0 bridgehead atoms. The molecule has 9 nitrogen and oxygen atoms in total. The van der Waals surface area contributed by atoms with Gasteiger partial charge in [0.1, 0.15) is 18.2 Å². The maximum Gasteiger partial charge on any atom is 0.278 e. The van der Waals surface area contributed by atoms with Crippen LogP contribution in [0.4, 0.5) is 0 Å². The number of carbonyl (C=O) groups excluding carboxylic acids is 1. The lowest BCUT2D eigenvalue weighted by Crippen LogP contribution is -2.25. The zero-order valence-electron chi connectivity index (χ0n) is 20.8. The van der Waals surface area contributed by atoms with Gasteiger partial charge in [-0.05, 0) is 65.8 Å². The third-order valence-corrected chi connectivity index (χ3v) is 5.71. The monoisotopic (exact) mass is 614 g/mol. The lowest BCUT2D eigenvalue weighted by atomic mass is 10.1. The highest BCUT2D eigenvalue weighted by Crippen LogP contribution is 2.34. The number of aryl methyl sites for hydroxylation is 1. The molecule has 0 saturated carbocycles. The van der Waals surface area contributed by atoms with E-state index in [9.17, 15) is 10.1 Å². The summed E-state index contributed by atoms with van der Waals surface area (Å²) < 4.78 is 23.3. The van der Waals surface area contributed by atoms with Crippen LogP contribution in [0, 0.1) is 21.8 Å². The number of nitrogens with zero attached hydrogens (tertiary/aromatic N) is 3. The van der Waals surface area contributed by atoms with Gasteiger partial charge in [-0.1, -0.05) is 30.3 Å². The van der Waals surface area contributed by atoms with E-state index in [2.05, 4.69) is 44.2 Å². The van der Waals surface area contributed by atoms with Gasteiger partial charge in [0.15, 0.2) is 18.1 Å². The van der Waals surface area contributed by atoms with Crippen LogP contribution in [-0.2, 0) is 22.7 Å². The number of carbonyl (C=O) groups is 1. The highest BCUT2D eigenvalue weighted by atomic mass is 127. The Kier molecular flexibility index (Phi) is 10.7. The molecule has 3 rings (SSSR count). The molecule has 1 heterocycles. The van der Waals surface area contributed by atoms with Crippen LogP contribution in [0.5, 0.6) is 17.4 Å². The van der Waals surface area contributed by atoms with E-state index in [-0.39, 0.29) is 24.7 Å². The van der Waals surface area contributed by atoms with Gasteiger partial charge in [-0.25, -0.2) is 10.4 Å². The second kappa shape index (κ2) is 14.2. The van der Waals surface area contributed by atoms with E-state index in [0.717, 1.165) is 14.7 Å². The molecule has 0 aliphatic rings. The summed E-state index contributed by atoms with van der Waals surface area (Å²) in [4.78, 5) is 16.5. The largest absolute Gasteiger partial charge is 0.490 e. The zero-order chi connectivity index (χ0) is 26.6. The number of nitrogens with one attached hydrogen (secondary N) is 1. The molecule has 0 aliphatic carbocycles. The topological polar surface area (TPSA) is 115 Å². The minimum absolute atomic E-state index is 0.0793. The third kappa shape index (κ3) is 8.16. The van der Waals surface area contributed by atoms with Crippen LogP contribution >= 0.6 is 22.6 Å². The van der Waals surface area contributed by atoms with Gasteiger partial charge in [-0.3, -0.25) is 4.79 Å². The molecule has 2 aromatic carbocycles. The minimum Gasteiger partial charge on any atom is -0.490 e. The van der Waals surface area contributed by atoms with Crippen LogP contribution in [0.15, 0.2) is 53.6 Å². The molecule has 0 radical (unpaired) electrons. The summed E-state index contributed by atoms with van der Waals surface area (Å²) in [6.07, 6.45) is 1.51. The van der Waals surface area contributed by atoms with Crippen molar-refractivity contribution in [2.45, 2.75) is 27.1 Å². The van der Waals surface area contributed by atoms with Gasteiger partial charge in [-0.2, -0.15) is 10.4 Å². The first-order valence-corrected chi connectivity index (χ1v) is 12.5. The van der Waals surface area contributed by atoms with Gasteiger partial charge in [-0.15, -0.1) is 0 Å². The Balaban J connectivity index is 1.63. The van der Waals surface area contributed by atoms with E-state index in [1.807, 2.05) is 43.3 Å². The quantitative estimate of drug-likeness (QED) is 0.181. The molecule has 1 aromatic heterocycles.